The third-order valence-corrected chi connectivity index (χ3v) is 3.65. The molecular formula is C7H16Cl3NOSSn. The maximum absolute atomic E-state index is 5.62. The summed E-state index contributed by atoms with van der Waals surface area (Å²) in [4.78, 5) is 0. The van der Waals surface area contributed by atoms with Crippen molar-refractivity contribution >= 4 is 34.7 Å². The Balaban J connectivity index is -0.000000167. The van der Waals surface area contributed by atoms with Crippen molar-refractivity contribution in [2.75, 3.05) is 6.26 Å². The van der Waals surface area contributed by atoms with Gasteiger partial charge < -0.3 is 37.2 Å². The zero-order valence-corrected chi connectivity index (χ0v) is 14.2. The van der Waals surface area contributed by atoms with Crippen LogP contribution in [0.1, 0.15) is 26.2 Å². The number of halogens is 3. The van der Waals surface area contributed by atoms with Gasteiger partial charge in [0, 0.05) is 0 Å². The molecule has 2 atom stereocenters. The molecule has 0 radical (unpaired) electrons. The van der Waals surface area contributed by atoms with Gasteiger partial charge in [0.25, 0.3) is 0 Å². The fourth-order valence-electron chi connectivity index (χ4n) is 0.831. The largest absolute Gasteiger partial charge is 1.00 e. The Kier molecular flexibility index (Phi) is 30.9. The van der Waals surface area contributed by atoms with Gasteiger partial charge in [-0.3, -0.25) is 0 Å². The summed E-state index contributed by atoms with van der Waals surface area (Å²) >= 11 is 2.95. The van der Waals surface area contributed by atoms with E-state index < -0.39 is 0 Å². The van der Waals surface area contributed by atoms with Crippen LogP contribution in [0.4, 0.5) is 0 Å². The van der Waals surface area contributed by atoms with Crippen LogP contribution in [0.25, 0.3) is 0 Å². The standard InChI is InChI=1S/C7H16NOS.3ClH.Sn/c1-6(8)4-3-5-7(9)10-2;;;;/h6-7H,3-5,8H2,1-2H3;3*1H;/q-1;;;;+4/p-3. The second-order valence-corrected chi connectivity index (χ2v) is 4.36. The number of thioether (sulfide) groups is 1. The van der Waals surface area contributed by atoms with Crippen molar-refractivity contribution < 1.29 is 40.3 Å². The van der Waals surface area contributed by atoms with Crippen LogP contribution < -0.4 is 43.0 Å². The maximum Gasteiger partial charge on any atom is -1.00 e. The molecule has 0 aromatic carbocycles. The SMILES string of the molecule is CSC(CCCC(C)N)[O][Sn+3].[Cl-].[Cl-].[Cl-]. The number of rotatable bonds is 6. The second kappa shape index (κ2) is 17.3. The van der Waals surface area contributed by atoms with Gasteiger partial charge in [-0.2, -0.15) is 0 Å². The molecule has 2 N–H and O–H groups in total. The molecule has 0 aliphatic carbocycles. The number of hydrogen-bond donors (Lipinski definition) is 1. The first-order valence-corrected chi connectivity index (χ1v) is 6.26. The number of hydrogen-bond acceptors (Lipinski definition) is 3. The second-order valence-electron chi connectivity index (χ2n) is 2.69. The summed E-state index contributed by atoms with van der Waals surface area (Å²) in [6.07, 6.45) is 5.50. The van der Waals surface area contributed by atoms with E-state index in [1.54, 1.807) is 11.8 Å². The summed E-state index contributed by atoms with van der Waals surface area (Å²) in [7, 11) is 0. The summed E-state index contributed by atoms with van der Waals surface area (Å²) in [5.41, 5.74) is 6.01. The van der Waals surface area contributed by atoms with Gasteiger partial charge in [0.2, 0.25) is 0 Å². The zero-order chi connectivity index (χ0) is 8.69. The van der Waals surface area contributed by atoms with Crippen molar-refractivity contribution in [2.45, 2.75) is 37.7 Å². The Labute approximate surface area is 124 Å². The fourth-order valence-corrected chi connectivity index (χ4v) is 2.49. The van der Waals surface area contributed by atoms with E-state index in [4.69, 9.17) is 8.81 Å². The van der Waals surface area contributed by atoms with Crippen LogP contribution in [0, 0.1) is 0 Å². The van der Waals surface area contributed by atoms with E-state index in [0.717, 1.165) is 35.8 Å². The summed E-state index contributed by atoms with van der Waals surface area (Å²) in [6, 6.07) is 0.335. The van der Waals surface area contributed by atoms with Gasteiger partial charge in [0.1, 0.15) is 0 Å². The van der Waals surface area contributed by atoms with Gasteiger partial charge in [-0.1, -0.05) is 0 Å². The van der Waals surface area contributed by atoms with Crippen LogP contribution in [0.15, 0.2) is 0 Å². The maximum atomic E-state index is 5.62. The Morgan fingerprint density at radius 2 is 1.79 bits per heavy atom. The molecule has 0 aliphatic heterocycles. The molecule has 0 rings (SSSR count). The minimum Gasteiger partial charge on any atom is -1.00 e. The van der Waals surface area contributed by atoms with Crippen molar-refractivity contribution in [1.82, 2.24) is 0 Å². The Bertz CT molecular complexity index is 99.0. The average Bonchev–Trinajstić information content (AvgIpc) is 1.98. The fraction of sp³-hybridized carbons (Fsp3) is 1.00. The quantitative estimate of drug-likeness (QED) is 0.364. The van der Waals surface area contributed by atoms with E-state index in [9.17, 15) is 0 Å². The molecule has 0 aromatic heterocycles. The minimum absolute atomic E-state index is 0. The Morgan fingerprint density at radius 1 is 1.29 bits per heavy atom. The molecule has 0 saturated carbocycles. The first-order valence-electron chi connectivity index (χ1n) is 3.81. The normalized spacial score (nSPS) is 12.9. The van der Waals surface area contributed by atoms with Gasteiger partial charge in [-0.05, 0) is 0 Å². The predicted octanol–water partition coefficient (Wildman–Crippen LogP) is -7.69. The first-order chi connectivity index (χ1) is 5.20. The van der Waals surface area contributed by atoms with Crippen molar-refractivity contribution in [3.05, 3.63) is 0 Å². The smallest absolute Gasteiger partial charge is 1.00 e. The topological polar surface area (TPSA) is 35.2 Å². The molecule has 2 unspecified atom stereocenters. The molecule has 0 amide bonds. The molecule has 2 nitrogen and oxygen atoms in total. The third-order valence-electron chi connectivity index (χ3n) is 1.49. The van der Waals surface area contributed by atoms with Crippen LogP contribution in [0.2, 0.25) is 0 Å². The van der Waals surface area contributed by atoms with Crippen LogP contribution in [-0.2, 0) is 3.07 Å². The van der Waals surface area contributed by atoms with E-state index in [1.165, 1.54) is 6.42 Å². The van der Waals surface area contributed by atoms with Gasteiger partial charge in [-0.25, -0.2) is 0 Å². The van der Waals surface area contributed by atoms with E-state index in [0.29, 0.717) is 11.5 Å². The molecule has 0 heterocycles. The van der Waals surface area contributed by atoms with E-state index >= 15 is 0 Å². The van der Waals surface area contributed by atoms with Crippen molar-refractivity contribution in [1.29, 1.82) is 0 Å². The van der Waals surface area contributed by atoms with Gasteiger partial charge in [-0.15, -0.1) is 0 Å². The molecule has 7 heteroatoms. The van der Waals surface area contributed by atoms with Crippen LogP contribution in [0.5, 0.6) is 0 Å². The van der Waals surface area contributed by atoms with Crippen LogP contribution in [-0.4, -0.2) is 40.7 Å². The van der Waals surface area contributed by atoms with E-state index in [-0.39, 0.29) is 37.2 Å². The van der Waals surface area contributed by atoms with Crippen LogP contribution in [0.3, 0.4) is 0 Å². The average molecular weight is 387 g/mol. The van der Waals surface area contributed by atoms with E-state index in [1.807, 2.05) is 6.92 Å². The van der Waals surface area contributed by atoms with Gasteiger partial charge >= 0.3 is 87.4 Å². The molecule has 14 heavy (non-hydrogen) atoms. The molecule has 0 aromatic rings. The Morgan fingerprint density at radius 3 is 2.07 bits per heavy atom. The van der Waals surface area contributed by atoms with Crippen molar-refractivity contribution in [3.8, 4) is 0 Å². The van der Waals surface area contributed by atoms with Gasteiger partial charge in [0.15, 0.2) is 0 Å². The minimum atomic E-state index is 0. The van der Waals surface area contributed by atoms with Crippen molar-refractivity contribution in [3.63, 3.8) is 0 Å². The molecule has 0 bridgehead atoms. The summed E-state index contributed by atoms with van der Waals surface area (Å²) in [5.74, 6) is 0. The van der Waals surface area contributed by atoms with Gasteiger partial charge in [0.05, 0.1) is 0 Å². The predicted molar refractivity (Wildman–Crippen MR) is 51.6 cm³/mol. The number of nitrogens with two attached hydrogens (primary N) is 1. The molecule has 0 spiro atoms. The molecule has 0 aliphatic rings. The summed E-state index contributed by atoms with van der Waals surface area (Å²) in [5, 5.41) is 0. The first kappa shape index (κ1) is 25.0. The summed E-state index contributed by atoms with van der Waals surface area (Å²) in [6.45, 7) is 2.05. The Hall–Kier alpha value is 1.94. The summed E-state index contributed by atoms with van der Waals surface area (Å²) < 4.78 is 5.29. The molecule has 0 saturated heterocycles. The van der Waals surface area contributed by atoms with E-state index in [2.05, 4.69) is 6.26 Å². The van der Waals surface area contributed by atoms with Crippen molar-refractivity contribution in [2.24, 2.45) is 5.73 Å². The van der Waals surface area contributed by atoms with Crippen LogP contribution >= 0.6 is 11.8 Å². The zero-order valence-electron chi connectivity index (χ0n) is 8.30. The molecular weight excluding hydrogens is 371 g/mol. The molecule has 0 fully saturated rings. The molecule has 86 valence electrons. The third kappa shape index (κ3) is 16.4. The monoisotopic (exact) mass is 387 g/mol.